The maximum Gasteiger partial charge on any atom is 0.328 e. The van der Waals surface area contributed by atoms with E-state index >= 15 is 0 Å². The standard InChI is InChI=1S/C27H42N8O9/c1-14(37)21(26(43)44)34-24(41)20-5-3-11-35(20)25(42)19(13-36)33-23(40)18(12-15-6-8-16(38)9-7-15)32-22(39)17(28)4-2-10-31-27(29)30/h6-9,14,17-21,36-38H,2-5,10-13,28H2,1H3,(H,32,39)(H,33,40)(H,34,41)(H,43,44)(H4,29,30,31)/t14-,17+,18+,19+,20+,21+/m1/s1. The van der Waals surface area contributed by atoms with Crippen molar-refractivity contribution in [1.29, 1.82) is 0 Å². The number of rotatable bonds is 16. The van der Waals surface area contributed by atoms with Crippen molar-refractivity contribution in [3.05, 3.63) is 29.8 Å². The smallest absolute Gasteiger partial charge is 0.328 e. The summed E-state index contributed by atoms with van der Waals surface area (Å²) >= 11 is 0. The van der Waals surface area contributed by atoms with E-state index in [0.29, 0.717) is 18.4 Å². The molecule has 0 unspecified atom stereocenters. The molecule has 244 valence electrons. The maximum absolute atomic E-state index is 13.4. The number of hydrogen-bond acceptors (Lipinski definition) is 10. The predicted molar refractivity (Wildman–Crippen MR) is 157 cm³/mol. The number of likely N-dealkylation sites (tertiary alicyclic amines) is 1. The molecule has 0 spiro atoms. The minimum atomic E-state index is -1.60. The highest BCUT2D eigenvalue weighted by Crippen LogP contribution is 2.19. The number of hydrogen-bond donors (Lipinski definition) is 10. The summed E-state index contributed by atoms with van der Waals surface area (Å²) in [6, 6.07) is -0.608. The van der Waals surface area contributed by atoms with Gasteiger partial charge in [0.1, 0.15) is 23.9 Å². The number of benzene rings is 1. The summed E-state index contributed by atoms with van der Waals surface area (Å²) in [6.07, 6.45) is -0.296. The molecule has 13 N–H and O–H groups in total. The van der Waals surface area contributed by atoms with Gasteiger partial charge in [0.15, 0.2) is 12.0 Å². The van der Waals surface area contributed by atoms with Crippen LogP contribution in [-0.4, -0.2) is 117 Å². The Labute approximate surface area is 253 Å². The van der Waals surface area contributed by atoms with Gasteiger partial charge in [-0.3, -0.25) is 24.2 Å². The van der Waals surface area contributed by atoms with E-state index in [-0.39, 0.29) is 44.1 Å². The zero-order chi connectivity index (χ0) is 33.0. The topological polar surface area (TPSA) is 296 Å². The van der Waals surface area contributed by atoms with Crippen LogP contribution in [-0.2, 0) is 30.4 Å². The molecule has 0 bridgehead atoms. The Morgan fingerprint density at radius 2 is 1.68 bits per heavy atom. The number of nitrogens with one attached hydrogen (secondary N) is 3. The molecule has 1 aromatic carbocycles. The van der Waals surface area contributed by atoms with Crippen LogP contribution in [0.4, 0.5) is 0 Å². The molecule has 2 rings (SSSR count). The van der Waals surface area contributed by atoms with E-state index in [1.807, 2.05) is 0 Å². The summed E-state index contributed by atoms with van der Waals surface area (Å²) < 4.78 is 0. The number of guanidine groups is 1. The first-order valence-electron chi connectivity index (χ1n) is 14.1. The van der Waals surface area contributed by atoms with E-state index in [2.05, 4.69) is 20.9 Å². The van der Waals surface area contributed by atoms with E-state index in [9.17, 15) is 44.4 Å². The summed E-state index contributed by atoms with van der Waals surface area (Å²) in [5, 5.41) is 45.8. The SMILES string of the molecule is C[C@@H](O)[C@H](NC(=O)[C@@H]1CCCN1C(=O)[C@H](CO)NC(=O)[C@H](Cc1ccc(O)cc1)NC(=O)[C@@H](N)CCCN=C(N)N)C(=O)O. The van der Waals surface area contributed by atoms with Crippen LogP contribution in [0.5, 0.6) is 5.75 Å². The third kappa shape index (κ3) is 10.7. The Bertz CT molecular complexity index is 1190. The second kappa shape index (κ2) is 17.0. The summed E-state index contributed by atoms with van der Waals surface area (Å²) in [5.41, 5.74) is 17.1. The van der Waals surface area contributed by atoms with E-state index in [0.717, 1.165) is 4.90 Å². The number of amides is 4. The van der Waals surface area contributed by atoms with Crippen molar-refractivity contribution >= 4 is 35.6 Å². The average molecular weight is 623 g/mol. The normalized spacial score (nSPS) is 17.8. The van der Waals surface area contributed by atoms with Gasteiger partial charge in [0.05, 0.1) is 18.8 Å². The maximum atomic E-state index is 13.4. The van der Waals surface area contributed by atoms with Gasteiger partial charge < -0.3 is 58.5 Å². The number of aliphatic hydroxyl groups excluding tert-OH is 2. The van der Waals surface area contributed by atoms with E-state index < -0.39 is 72.5 Å². The van der Waals surface area contributed by atoms with Gasteiger partial charge in [-0.05, 0) is 50.3 Å². The highest BCUT2D eigenvalue weighted by atomic mass is 16.4. The van der Waals surface area contributed by atoms with Gasteiger partial charge in [-0.15, -0.1) is 0 Å². The van der Waals surface area contributed by atoms with Crippen molar-refractivity contribution in [3.8, 4) is 5.75 Å². The first kappa shape index (κ1) is 35.7. The lowest BCUT2D eigenvalue weighted by Gasteiger charge is -2.30. The lowest BCUT2D eigenvalue weighted by Crippen LogP contribution is -2.60. The van der Waals surface area contributed by atoms with Crippen molar-refractivity contribution in [2.45, 2.75) is 75.3 Å². The lowest BCUT2D eigenvalue weighted by atomic mass is 10.0. The number of carbonyl (C=O) groups is 5. The van der Waals surface area contributed by atoms with Gasteiger partial charge in [-0.25, -0.2) is 4.79 Å². The van der Waals surface area contributed by atoms with Crippen molar-refractivity contribution in [3.63, 3.8) is 0 Å². The number of phenolic OH excluding ortho intramolecular Hbond substituents is 1. The van der Waals surface area contributed by atoms with Crippen LogP contribution in [0, 0.1) is 0 Å². The molecule has 17 heteroatoms. The second-order valence-corrected chi connectivity index (χ2v) is 10.5. The highest BCUT2D eigenvalue weighted by molar-refractivity contribution is 5.96. The van der Waals surface area contributed by atoms with Crippen molar-refractivity contribution in [2.75, 3.05) is 19.7 Å². The zero-order valence-electron chi connectivity index (χ0n) is 24.4. The van der Waals surface area contributed by atoms with Crippen LogP contribution in [0.3, 0.4) is 0 Å². The Balaban J connectivity index is 2.17. The first-order chi connectivity index (χ1) is 20.7. The van der Waals surface area contributed by atoms with Crippen LogP contribution >= 0.6 is 0 Å². The van der Waals surface area contributed by atoms with E-state index in [1.54, 1.807) is 0 Å². The molecule has 1 aromatic rings. The molecule has 4 amide bonds. The number of aliphatic carboxylic acids is 1. The van der Waals surface area contributed by atoms with Gasteiger partial charge in [-0.1, -0.05) is 12.1 Å². The minimum absolute atomic E-state index is 0.0140. The van der Waals surface area contributed by atoms with Crippen LogP contribution < -0.4 is 33.2 Å². The number of phenols is 1. The summed E-state index contributed by atoms with van der Waals surface area (Å²) in [7, 11) is 0. The summed E-state index contributed by atoms with van der Waals surface area (Å²) in [4.78, 5) is 68.8. The molecule has 0 radical (unpaired) electrons. The van der Waals surface area contributed by atoms with Crippen LogP contribution in [0.15, 0.2) is 29.3 Å². The molecule has 17 nitrogen and oxygen atoms in total. The largest absolute Gasteiger partial charge is 0.508 e. The molecule has 1 fully saturated rings. The van der Waals surface area contributed by atoms with Crippen LogP contribution in [0.25, 0.3) is 0 Å². The molecule has 0 aliphatic carbocycles. The molecule has 44 heavy (non-hydrogen) atoms. The monoisotopic (exact) mass is 622 g/mol. The van der Waals surface area contributed by atoms with E-state index in [1.165, 1.54) is 31.2 Å². The third-order valence-corrected chi connectivity index (χ3v) is 7.00. The van der Waals surface area contributed by atoms with Gasteiger partial charge in [0.2, 0.25) is 23.6 Å². The Morgan fingerprint density at radius 3 is 2.25 bits per heavy atom. The number of aliphatic hydroxyl groups is 2. The molecule has 0 saturated carbocycles. The molecule has 6 atom stereocenters. The number of carboxylic acid groups (broad SMARTS) is 1. The Hall–Kier alpha value is -4.48. The van der Waals surface area contributed by atoms with Crippen molar-refractivity contribution in [2.24, 2.45) is 22.2 Å². The third-order valence-electron chi connectivity index (χ3n) is 7.00. The Kier molecular flexibility index (Phi) is 13.8. The number of carbonyl (C=O) groups excluding carboxylic acids is 4. The number of carboxylic acids is 1. The average Bonchev–Trinajstić information content (AvgIpc) is 3.46. The van der Waals surface area contributed by atoms with Gasteiger partial charge in [-0.2, -0.15) is 0 Å². The zero-order valence-corrected chi connectivity index (χ0v) is 24.4. The van der Waals surface area contributed by atoms with Crippen molar-refractivity contribution < 1.29 is 44.4 Å². The van der Waals surface area contributed by atoms with Gasteiger partial charge in [0.25, 0.3) is 0 Å². The molecular formula is C27H42N8O9. The lowest BCUT2D eigenvalue weighted by molar-refractivity contribution is -0.147. The fourth-order valence-electron chi connectivity index (χ4n) is 4.61. The number of aromatic hydroxyl groups is 1. The summed E-state index contributed by atoms with van der Waals surface area (Å²) in [5.74, 6) is -4.67. The molecule has 0 aromatic heterocycles. The van der Waals surface area contributed by atoms with Crippen molar-refractivity contribution in [1.82, 2.24) is 20.9 Å². The van der Waals surface area contributed by atoms with Crippen LogP contribution in [0.1, 0.15) is 38.2 Å². The van der Waals surface area contributed by atoms with Gasteiger partial charge in [0, 0.05) is 19.5 Å². The number of nitrogens with two attached hydrogens (primary N) is 3. The fourth-order valence-corrected chi connectivity index (χ4v) is 4.61. The number of aliphatic imine (C=N–C) groups is 1. The molecule has 1 aliphatic rings. The highest BCUT2D eigenvalue weighted by Gasteiger charge is 2.40. The quantitative estimate of drug-likeness (QED) is 0.0483. The molecule has 1 aliphatic heterocycles. The Morgan fingerprint density at radius 1 is 1.05 bits per heavy atom. The predicted octanol–water partition coefficient (Wildman–Crippen LogP) is -3.78. The summed E-state index contributed by atoms with van der Waals surface area (Å²) in [6.45, 7) is 0.691. The minimum Gasteiger partial charge on any atom is -0.508 e. The van der Waals surface area contributed by atoms with Crippen LogP contribution in [0.2, 0.25) is 0 Å². The second-order valence-electron chi connectivity index (χ2n) is 10.5. The van der Waals surface area contributed by atoms with Gasteiger partial charge >= 0.3 is 5.97 Å². The fraction of sp³-hybridized carbons (Fsp3) is 0.556. The molecular weight excluding hydrogens is 580 g/mol. The van der Waals surface area contributed by atoms with E-state index in [4.69, 9.17) is 17.2 Å². The molecule has 1 saturated heterocycles. The number of nitrogens with zero attached hydrogens (tertiary/aromatic N) is 2. The first-order valence-corrected chi connectivity index (χ1v) is 14.1. The molecule has 1 heterocycles.